The van der Waals surface area contributed by atoms with Gasteiger partial charge in [0, 0.05) is 12.5 Å². The lowest BCUT2D eigenvalue weighted by molar-refractivity contribution is -0.119. The average Bonchev–Trinajstić information content (AvgIpc) is 2.52. The fourth-order valence-electron chi connectivity index (χ4n) is 1.13. The van der Waals surface area contributed by atoms with Crippen LogP contribution in [-0.4, -0.2) is 10.9 Å². The Labute approximate surface area is 84.5 Å². The smallest absolute Gasteiger partial charge is 0.144 e. The molecule has 0 aromatic carbocycles. The predicted molar refractivity (Wildman–Crippen MR) is 53.9 cm³/mol. The summed E-state index contributed by atoms with van der Waals surface area (Å²) >= 11 is 0. The van der Waals surface area contributed by atoms with Crippen molar-refractivity contribution in [2.24, 2.45) is 5.41 Å². The minimum Gasteiger partial charge on any atom is -0.361 e. The van der Waals surface area contributed by atoms with Crippen LogP contribution in [0.15, 0.2) is 16.8 Å². The van der Waals surface area contributed by atoms with E-state index in [0.717, 1.165) is 6.42 Å². The second-order valence-electron chi connectivity index (χ2n) is 4.75. The second kappa shape index (κ2) is 4.40. The monoisotopic (exact) mass is 195 g/mol. The molecular weight excluding hydrogens is 178 g/mol. The number of ketones is 1. The molecule has 0 saturated heterocycles. The van der Waals surface area contributed by atoms with Gasteiger partial charge in [-0.1, -0.05) is 25.9 Å². The van der Waals surface area contributed by atoms with Gasteiger partial charge in [-0.15, -0.1) is 0 Å². The molecule has 0 unspecified atom stereocenters. The van der Waals surface area contributed by atoms with Gasteiger partial charge in [-0.3, -0.25) is 4.79 Å². The molecule has 3 heteroatoms. The van der Waals surface area contributed by atoms with Crippen molar-refractivity contribution in [3.63, 3.8) is 0 Å². The molecule has 1 heterocycles. The number of hydrogen-bond donors (Lipinski definition) is 0. The number of carbonyl (C=O) groups excluding carboxylic acids is 1. The van der Waals surface area contributed by atoms with Gasteiger partial charge in [0.25, 0.3) is 0 Å². The molecule has 1 aromatic heterocycles. The van der Waals surface area contributed by atoms with Crippen molar-refractivity contribution in [3.8, 4) is 0 Å². The third-order valence-electron chi connectivity index (χ3n) is 2.02. The Hall–Kier alpha value is -1.12. The minimum atomic E-state index is 0.219. The Morgan fingerprint density at radius 3 is 2.71 bits per heavy atom. The fourth-order valence-corrected chi connectivity index (χ4v) is 1.13. The Bertz CT molecular complexity index is 283. The van der Waals surface area contributed by atoms with E-state index in [1.807, 2.05) is 0 Å². The Morgan fingerprint density at radius 2 is 2.21 bits per heavy atom. The maximum Gasteiger partial charge on any atom is 0.144 e. The lowest BCUT2D eigenvalue weighted by Gasteiger charge is -2.16. The first-order valence-corrected chi connectivity index (χ1v) is 4.89. The maximum absolute atomic E-state index is 11.5. The standard InChI is InChI=1S/C11H17NO2/c1-11(2,3)6-4-9(13)8-10-5-7-12-14-10/h5,7H,4,6,8H2,1-3H3. The van der Waals surface area contributed by atoms with Crippen LogP contribution in [0.2, 0.25) is 0 Å². The summed E-state index contributed by atoms with van der Waals surface area (Å²) in [5.41, 5.74) is 0.219. The molecule has 14 heavy (non-hydrogen) atoms. The lowest BCUT2D eigenvalue weighted by Crippen LogP contribution is -2.10. The SMILES string of the molecule is CC(C)(C)CCC(=O)Cc1ccno1. The van der Waals surface area contributed by atoms with E-state index in [-0.39, 0.29) is 11.2 Å². The van der Waals surface area contributed by atoms with Crippen LogP contribution in [0.4, 0.5) is 0 Å². The van der Waals surface area contributed by atoms with Gasteiger partial charge in [-0.25, -0.2) is 0 Å². The zero-order valence-corrected chi connectivity index (χ0v) is 9.04. The highest BCUT2D eigenvalue weighted by Crippen LogP contribution is 2.21. The Balaban J connectivity index is 2.30. The maximum atomic E-state index is 11.5. The first kappa shape index (κ1) is 11.0. The van der Waals surface area contributed by atoms with E-state index >= 15 is 0 Å². The summed E-state index contributed by atoms with van der Waals surface area (Å²) in [7, 11) is 0. The molecule has 0 N–H and O–H groups in total. The number of hydrogen-bond acceptors (Lipinski definition) is 3. The number of aromatic nitrogens is 1. The molecule has 0 atom stereocenters. The summed E-state index contributed by atoms with van der Waals surface area (Å²) in [6.07, 6.45) is 3.46. The van der Waals surface area contributed by atoms with E-state index in [1.54, 1.807) is 12.3 Å². The van der Waals surface area contributed by atoms with Crippen molar-refractivity contribution in [3.05, 3.63) is 18.0 Å². The third kappa shape index (κ3) is 4.21. The number of nitrogens with zero attached hydrogens (tertiary/aromatic N) is 1. The summed E-state index contributed by atoms with van der Waals surface area (Å²) in [6, 6.07) is 1.73. The summed E-state index contributed by atoms with van der Waals surface area (Å²) in [5, 5.41) is 3.56. The highest BCUT2D eigenvalue weighted by atomic mass is 16.5. The van der Waals surface area contributed by atoms with Crippen molar-refractivity contribution < 1.29 is 9.32 Å². The molecule has 1 rings (SSSR count). The van der Waals surface area contributed by atoms with Crippen molar-refractivity contribution in [1.82, 2.24) is 5.16 Å². The van der Waals surface area contributed by atoms with E-state index < -0.39 is 0 Å². The molecule has 0 fully saturated rings. The molecule has 1 aromatic rings. The van der Waals surface area contributed by atoms with E-state index in [4.69, 9.17) is 4.52 Å². The van der Waals surface area contributed by atoms with Crippen LogP contribution in [0.5, 0.6) is 0 Å². The zero-order chi connectivity index (χ0) is 10.6. The zero-order valence-electron chi connectivity index (χ0n) is 9.04. The third-order valence-corrected chi connectivity index (χ3v) is 2.02. The lowest BCUT2D eigenvalue weighted by atomic mass is 9.89. The summed E-state index contributed by atoms with van der Waals surface area (Å²) in [4.78, 5) is 11.5. The highest BCUT2D eigenvalue weighted by Gasteiger charge is 2.13. The van der Waals surface area contributed by atoms with Crippen LogP contribution in [0, 0.1) is 5.41 Å². The van der Waals surface area contributed by atoms with Gasteiger partial charge in [0.2, 0.25) is 0 Å². The van der Waals surface area contributed by atoms with Crippen molar-refractivity contribution in [2.45, 2.75) is 40.0 Å². The fraction of sp³-hybridized carbons (Fsp3) is 0.636. The van der Waals surface area contributed by atoms with Gasteiger partial charge in [-0.2, -0.15) is 0 Å². The number of Topliss-reactive ketones (excluding diaryl/α,β-unsaturated/α-hetero) is 1. The first-order chi connectivity index (χ1) is 6.47. The van der Waals surface area contributed by atoms with Crippen LogP contribution in [0.25, 0.3) is 0 Å². The molecule has 78 valence electrons. The summed E-state index contributed by atoms with van der Waals surface area (Å²) < 4.78 is 4.87. The van der Waals surface area contributed by atoms with Crippen molar-refractivity contribution in [2.75, 3.05) is 0 Å². The van der Waals surface area contributed by atoms with Gasteiger partial charge in [0.05, 0.1) is 12.6 Å². The molecule has 0 aliphatic rings. The van der Waals surface area contributed by atoms with E-state index in [2.05, 4.69) is 25.9 Å². The van der Waals surface area contributed by atoms with Crippen molar-refractivity contribution >= 4 is 5.78 Å². The van der Waals surface area contributed by atoms with E-state index in [9.17, 15) is 4.79 Å². The molecule has 0 aliphatic heterocycles. The summed E-state index contributed by atoms with van der Waals surface area (Å²) in [6.45, 7) is 6.40. The molecular formula is C11H17NO2. The average molecular weight is 195 g/mol. The van der Waals surface area contributed by atoms with Crippen LogP contribution < -0.4 is 0 Å². The number of carbonyl (C=O) groups is 1. The van der Waals surface area contributed by atoms with Gasteiger partial charge in [0.1, 0.15) is 11.5 Å². The molecule has 0 saturated carbocycles. The Kier molecular flexibility index (Phi) is 3.44. The van der Waals surface area contributed by atoms with E-state index in [1.165, 1.54) is 0 Å². The van der Waals surface area contributed by atoms with Crippen LogP contribution in [0.3, 0.4) is 0 Å². The molecule has 3 nitrogen and oxygen atoms in total. The predicted octanol–water partition coefficient (Wildman–Crippen LogP) is 2.61. The molecule has 0 amide bonds. The van der Waals surface area contributed by atoms with Crippen LogP contribution in [-0.2, 0) is 11.2 Å². The van der Waals surface area contributed by atoms with Crippen LogP contribution in [0.1, 0.15) is 39.4 Å². The van der Waals surface area contributed by atoms with Crippen LogP contribution >= 0.6 is 0 Å². The minimum absolute atomic E-state index is 0.219. The second-order valence-corrected chi connectivity index (χ2v) is 4.75. The topological polar surface area (TPSA) is 43.1 Å². The quantitative estimate of drug-likeness (QED) is 0.741. The first-order valence-electron chi connectivity index (χ1n) is 4.89. The van der Waals surface area contributed by atoms with Gasteiger partial charge in [0.15, 0.2) is 0 Å². The molecule has 0 aliphatic carbocycles. The highest BCUT2D eigenvalue weighted by molar-refractivity contribution is 5.80. The Morgan fingerprint density at radius 1 is 1.50 bits per heavy atom. The van der Waals surface area contributed by atoms with Gasteiger partial charge in [-0.05, 0) is 11.8 Å². The largest absolute Gasteiger partial charge is 0.361 e. The molecule has 0 spiro atoms. The van der Waals surface area contributed by atoms with Gasteiger partial charge < -0.3 is 4.52 Å². The molecule has 0 bridgehead atoms. The van der Waals surface area contributed by atoms with E-state index in [0.29, 0.717) is 18.6 Å². The van der Waals surface area contributed by atoms with Crippen molar-refractivity contribution in [1.29, 1.82) is 0 Å². The van der Waals surface area contributed by atoms with Gasteiger partial charge >= 0.3 is 0 Å². The molecule has 0 radical (unpaired) electrons. The summed E-state index contributed by atoms with van der Waals surface area (Å²) in [5.74, 6) is 0.876. The number of rotatable bonds is 4. The normalized spacial score (nSPS) is 11.6.